The summed E-state index contributed by atoms with van der Waals surface area (Å²) in [5.74, 6) is -2.81. The quantitative estimate of drug-likeness (QED) is 0.770. The van der Waals surface area contributed by atoms with Gasteiger partial charge in [-0.2, -0.15) is 13.2 Å². The Morgan fingerprint density at radius 3 is 2.14 bits per heavy atom. The second-order valence-electron chi connectivity index (χ2n) is 4.03. The summed E-state index contributed by atoms with van der Waals surface area (Å²) in [5.41, 5.74) is 3.57. The van der Waals surface area contributed by atoms with Gasteiger partial charge in [-0.3, -0.25) is 0 Å². The average Bonchev–Trinajstić information content (AvgIpc) is 2.32. The molecule has 0 amide bonds. The maximum absolute atomic E-state index is 13.6. The summed E-state index contributed by atoms with van der Waals surface area (Å²) < 4.78 is 65.3. The predicted molar refractivity (Wildman–Crippen MR) is 71.0 cm³/mol. The first-order chi connectivity index (χ1) is 9.66. The van der Waals surface area contributed by atoms with E-state index in [4.69, 9.17) is 5.73 Å². The second kappa shape index (κ2) is 5.47. The summed E-state index contributed by atoms with van der Waals surface area (Å²) in [6, 6.07) is 3.15. The van der Waals surface area contributed by atoms with Gasteiger partial charge in [0.25, 0.3) is 0 Å². The summed E-state index contributed by atoms with van der Waals surface area (Å²) in [7, 11) is 0. The number of halogens is 6. The van der Waals surface area contributed by atoms with Crippen molar-refractivity contribution in [1.29, 1.82) is 0 Å². The lowest BCUT2D eigenvalue weighted by Crippen LogP contribution is -2.09. The number of nitrogens with zero attached hydrogens (tertiary/aromatic N) is 1. The minimum atomic E-state index is -4.65. The first-order valence-electron chi connectivity index (χ1n) is 5.43. The molecule has 0 saturated carbocycles. The zero-order valence-corrected chi connectivity index (χ0v) is 11.7. The minimum Gasteiger partial charge on any atom is -0.384 e. The number of alkyl halides is 3. The van der Waals surface area contributed by atoms with E-state index in [1.165, 1.54) is 0 Å². The number of benzene rings is 1. The van der Waals surface area contributed by atoms with Crippen molar-refractivity contribution in [2.75, 3.05) is 11.1 Å². The first-order valence-corrected chi connectivity index (χ1v) is 6.22. The van der Waals surface area contributed by atoms with Crippen LogP contribution < -0.4 is 11.1 Å². The van der Waals surface area contributed by atoms with Gasteiger partial charge in [0.2, 0.25) is 0 Å². The van der Waals surface area contributed by atoms with Crippen LogP contribution in [0.15, 0.2) is 28.7 Å². The topological polar surface area (TPSA) is 50.9 Å². The van der Waals surface area contributed by atoms with Gasteiger partial charge in [0.1, 0.15) is 17.3 Å². The van der Waals surface area contributed by atoms with Crippen LogP contribution in [-0.4, -0.2) is 4.98 Å². The van der Waals surface area contributed by atoms with Crippen molar-refractivity contribution in [3.05, 3.63) is 45.9 Å². The van der Waals surface area contributed by atoms with Crippen LogP contribution in [0, 0.1) is 11.6 Å². The molecule has 0 fully saturated rings. The maximum Gasteiger partial charge on any atom is 0.416 e. The number of nitrogens with two attached hydrogens (primary N) is 1. The molecule has 0 unspecified atom stereocenters. The summed E-state index contributed by atoms with van der Waals surface area (Å²) in [4.78, 5) is 3.57. The lowest BCUT2D eigenvalue weighted by Gasteiger charge is -2.12. The summed E-state index contributed by atoms with van der Waals surface area (Å²) in [5, 5.41) is 2.16. The first kappa shape index (κ1) is 15.5. The fourth-order valence-corrected chi connectivity index (χ4v) is 1.97. The van der Waals surface area contributed by atoms with Gasteiger partial charge < -0.3 is 11.1 Å². The van der Waals surface area contributed by atoms with Crippen molar-refractivity contribution in [3.8, 4) is 0 Å². The Balaban J connectivity index is 2.43. The van der Waals surface area contributed by atoms with Crippen LogP contribution in [0.2, 0.25) is 0 Å². The van der Waals surface area contributed by atoms with Crippen molar-refractivity contribution in [2.45, 2.75) is 6.18 Å². The van der Waals surface area contributed by atoms with Crippen molar-refractivity contribution in [2.24, 2.45) is 0 Å². The second-order valence-corrected chi connectivity index (χ2v) is 4.95. The Morgan fingerprint density at radius 1 is 1.05 bits per heavy atom. The van der Waals surface area contributed by atoms with Gasteiger partial charge in [-0.1, -0.05) is 15.9 Å². The van der Waals surface area contributed by atoms with Crippen molar-refractivity contribution in [1.82, 2.24) is 4.98 Å². The molecular weight excluding hydrogens is 361 g/mol. The molecule has 0 aliphatic rings. The largest absolute Gasteiger partial charge is 0.416 e. The highest BCUT2D eigenvalue weighted by molar-refractivity contribution is 9.10. The monoisotopic (exact) mass is 367 g/mol. The Kier molecular flexibility index (Phi) is 4.04. The van der Waals surface area contributed by atoms with Crippen molar-refractivity contribution >= 4 is 33.3 Å². The number of aromatic nitrogens is 1. The molecule has 2 rings (SSSR count). The Bertz CT molecular complexity index is 664. The van der Waals surface area contributed by atoms with Crippen molar-refractivity contribution in [3.63, 3.8) is 0 Å². The van der Waals surface area contributed by atoms with E-state index in [0.29, 0.717) is 12.1 Å². The number of anilines is 3. The predicted octanol–water partition coefficient (Wildman–Crippen LogP) is 4.47. The zero-order valence-electron chi connectivity index (χ0n) is 10.1. The molecule has 1 heterocycles. The number of nitrogens with one attached hydrogen (secondary N) is 1. The zero-order chi connectivity index (χ0) is 15.8. The fourth-order valence-electron chi connectivity index (χ4n) is 1.57. The molecule has 112 valence electrons. The molecule has 2 aromatic rings. The normalized spacial score (nSPS) is 11.5. The highest BCUT2D eigenvalue weighted by atomic mass is 79.9. The third kappa shape index (κ3) is 3.60. The van der Waals surface area contributed by atoms with E-state index in [-0.39, 0.29) is 4.47 Å². The molecule has 9 heteroatoms. The van der Waals surface area contributed by atoms with E-state index in [2.05, 4.69) is 26.2 Å². The van der Waals surface area contributed by atoms with Gasteiger partial charge in [-0.15, -0.1) is 0 Å². The molecule has 0 aliphatic heterocycles. The summed E-state index contributed by atoms with van der Waals surface area (Å²) in [6.45, 7) is 0. The highest BCUT2D eigenvalue weighted by Gasteiger charge is 2.31. The van der Waals surface area contributed by atoms with Crippen LogP contribution >= 0.6 is 15.9 Å². The molecule has 0 radical (unpaired) electrons. The standard InChI is InChI=1S/C12H7BrF5N3/c13-6-3-7(14)11(8(15)4-6)21-10-2-5(12(16,17)18)1-9(19)20-10/h1-4H,(H3,19,20,21). The summed E-state index contributed by atoms with van der Waals surface area (Å²) >= 11 is 2.89. The smallest absolute Gasteiger partial charge is 0.384 e. The van der Waals surface area contributed by atoms with Gasteiger partial charge in [-0.25, -0.2) is 13.8 Å². The van der Waals surface area contributed by atoms with Gasteiger partial charge >= 0.3 is 6.18 Å². The summed E-state index contributed by atoms with van der Waals surface area (Å²) in [6.07, 6.45) is -4.65. The Hall–Kier alpha value is -1.90. The third-order valence-electron chi connectivity index (χ3n) is 2.43. The van der Waals surface area contributed by atoms with Crippen LogP contribution in [-0.2, 0) is 6.18 Å². The van der Waals surface area contributed by atoms with Gasteiger partial charge in [0.15, 0.2) is 11.6 Å². The molecule has 3 nitrogen and oxygen atoms in total. The van der Waals surface area contributed by atoms with E-state index >= 15 is 0 Å². The van der Waals surface area contributed by atoms with Crippen molar-refractivity contribution < 1.29 is 22.0 Å². The number of pyridine rings is 1. The number of nitrogen functional groups attached to an aromatic ring is 1. The molecule has 1 aromatic carbocycles. The van der Waals surface area contributed by atoms with Crippen LogP contribution in [0.4, 0.5) is 39.3 Å². The van der Waals surface area contributed by atoms with Crippen LogP contribution in [0.25, 0.3) is 0 Å². The maximum atomic E-state index is 13.6. The van der Waals surface area contributed by atoms with E-state index in [1.54, 1.807) is 0 Å². The molecule has 3 N–H and O–H groups in total. The number of hydrogen-bond acceptors (Lipinski definition) is 3. The molecule has 21 heavy (non-hydrogen) atoms. The highest BCUT2D eigenvalue weighted by Crippen LogP contribution is 2.33. The lowest BCUT2D eigenvalue weighted by atomic mass is 10.2. The van der Waals surface area contributed by atoms with Gasteiger partial charge in [-0.05, 0) is 24.3 Å². The third-order valence-corrected chi connectivity index (χ3v) is 2.89. The molecule has 0 aliphatic carbocycles. The fraction of sp³-hybridized carbons (Fsp3) is 0.0833. The molecule has 0 spiro atoms. The minimum absolute atomic E-state index is 0.152. The van der Waals surface area contributed by atoms with E-state index in [9.17, 15) is 22.0 Å². The van der Waals surface area contributed by atoms with E-state index < -0.39 is 40.7 Å². The molecule has 0 saturated heterocycles. The Morgan fingerprint density at radius 2 is 1.62 bits per heavy atom. The SMILES string of the molecule is Nc1cc(C(F)(F)F)cc(Nc2c(F)cc(Br)cc2F)n1. The van der Waals surface area contributed by atoms with Gasteiger partial charge in [0.05, 0.1) is 5.56 Å². The van der Waals surface area contributed by atoms with E-state index in [0.717, 1.165) is 12.1 Å². The lowest BCUT2D eigenvalue weighted by molar-refractivity contribution is -0.137. The van der Waals surface area contributed by atoms with Crippen LogP contribution in [0.5, 0.6) is 0 Å². The molecule has 1 aromatic heterocycles. The van der Waals surface area contributed by atoms with Gasteiger partial charge in [0, 0.05) is 4.47 Å². The van der Waals surface area contributed by atoms with Crippen LogP contribution in [0.3, 0.4) is 0 Å². The number of hydrogen-bond donors (Lipinski definition) is 2. The van der Waals surface area contributed by atoms with E-state index in [1.807, 2.05) is 0 Å². The van der Waals surface area contributed by atoms with Crippen LogP contribution in [0.1, 0.15) is 5.56 Å². The molecule has 0 bridgehead atoms. The number of rotatable bonds is 2. The average molecular weight is 368 g/mol. The Labute approximate surface area is 124 Å². The molecular formula is C12H7BrF5N3. The molecule has 0 atom stereocenters.